The molecule has 0 saturated carbocycles. The zero-order chi connectivity index (χ0) is 13.8. The van der Waals surface area contributed by atoms with Crippen molar-refractivity contribution in [1.29, 1.82) is 0 Å². The van der Waals surface area contributed by atoms with Crippen molar-refractivity contribution in [1.82, 2.24) is 5.32 Å². The van der Waals surface area contributed by atoms with Crippen LogP contribution in [0.25, 0.3) is 0 Å². The fourth-order valence-corrected chi connectivity index (χ4v) is 2.13. The molecule has 3 nitrogen and oxygen atoms in total. The van der Waals surface area contributed by atoms with Crippen molar-refractivity contribution >= 4 is 11.6 Å². The molecule has 0 heterocycles. The highest BCUT2D eigenvalue weighted by atomic mass is 16.1. The largest absolute Gasteiger partial charge is 0.398 e. The number of hydrogen-bond acceptors (Lipinski definition) is 2. The van der Waals surface area contributed by atoms with Crippen molar-refractivity contribution < 1.29 is 4.79 Å². The number of rotatable bonds is 3. The smallest absolute Gasteiger partial charge is 0.253 e. The van der Waals surface area contributed by atoms with Gasteiger partial charge in [0.05, 0.1) is 11.6 Å². The lowest BCUT2D eigenvalue weighted by Crippen LogP contribution is -2.27. The van der Waals surface area contributed by atoms with Crippen LogP contribution >= 0.6 is 0 Å². The Labute approximate surface area is 113 Å². The van der Waals surface area contributed by atoms with Gasteiger partial charge in [0, 0.05) is 5.69 Å². The van der Waals surface area contributed by atoms with E-state index >= 15 is 0 Å². The number of hydrogen-bond donors (Lipinski definition) is 2. The third-order valence-electron chi connectivity index (χ3n) is 3.21. The maximum absolute atomic E-state index is 12.2. The molecule has 0 aliphatic rings. The lowest BCUT2D eigenvalue weighted by atomic mass is 10.0. The average molecular weight is 254 g/mol. The van der Waals surface area contributed by atoms with E-state index in [0.717, 1.165) is 11.1 Å². The average Bonchev–Trinajstić information content (AvgIpc) is 2.39. The minimum Gasteiger partial charge on any atom is -0.398 e. The first kappa shape index (κ1) is 13.1. The Bertz CT molecular complexity index is 593. The Kier molecular flexibility index (Phi) is 3.85. The van der Waals surface area contributed by atoms with Gasteiger partial charge in [0.15, 0.2) is 0 Å². The molecule has 1 atom stereocenters. The van der Waals surface area contributed by atoms with Crippen molar-refractivity contribution in [2.75, 3.05) is 5.73 Å². The van der Waals surface area contributed by atoms with Crippen molar-refractivity contribution in [3.05, 3.63) is 65.2 Å². The second-order valence-corrected chi connectivity index (χ2v) is 4.64. The van der Waals surface area contributed by atoms with E-state index in [2.05, 4.69) is 5.32 Å². The number of carbonyl (C=O) groups excluding carboxylic acids is 1. The van der Waals surface area contributed by atoms with Crippen molar-refractivity contribution in [2.45, 2.75) is 19.9 Å². The normalized spacial score (nSPS) is 11.9. The Morgan fingerprint density at radius 1 is 1.11 bits per heavy atom. The van der Waals surface area contributed by atoms with E-state index in [1.54, 1.807) is 12.1 Å². The summed E-state index contributed by atoms with van der Waals surface area (Å²) in [6.45, 7) is 4.01. The number of aryl methyl sites for hydroxylation is 1. The molecule has 0 radical (unpaired) electrons. The molecule has 2 rings (SSSR count). The molecule has 0 aromatic heterocycles. The Morgan fingerprint density at radius 3 is 2.42 bits per heavy atom. The maximum atomic E-state index is 12.2. The molecule has 2 aromatic rings. The van der Waals surface area contributed by atoms with Crippen LogP contribution in [0.3, 0.4) is 0 Å². The van der Waals surface area contributed by atoms with Crippen molar-refractivity contribution in [3.8, 4) is 0 Å². The van der Waals surface area contributed by atoms with Crippen LogP contribution in [0.2, 0.25) is 0 Å². The highest BCUT2D eigenvalue weighted by Crippen LogP contribution is 2.18. The van der Waals surface area contributed by atoms with E-state index in [0.29, 0.717) is 11.3 Å². The number of anilines is 1. The van der Waals surface area contributed by atoms with E-state index in [9.17, 15) is 4.79 Å². The van der Waals surface area contributed by atoms with Crippen LogP contribution in [0.5, 0.6) is 0 Å². The molecule has 3 heteroatoms. The monoisotopic (exact) mass is 254 g/mol. The van der Waals surface area contributed by atoms with E-state index in [1.807, 2.05) is 50.2 Å². The van der Waals surface area contributed by atoms with E-state index in [4.69, 9.17) is 5.73 Å². The van der Waals surface area contributed by atoms with E-state index in [1.165, 1.54) is 0 Å². The zero-order valence-corrected chi connectivity index (χ0v) is 11.2. The number of nitrogens with one attached hydrogen (secondary N) is 1. The van der Waals surface area contributed by atoms with Gasteiger partial charge in [0.25, 0.3) is 5.91 Å². The number of para-hydroxylation sites is 1. The molecular weight excluding hydrogens is 236 g/mol. The fourth-order valence-electron chi connectivity index (χ4n) is 2.13. The molecular formula is C16H18N2O. The molecule has 1 amide bonds. The van der Waals surface area contributed by atoms with Crippen molar-refractivity contribution in [3.63, 3.8) is 0 Å². The number of nitrogen functional groups attached to an aromatic ring is 1. The van der Waals surface area contributed by atoms with E-state index in [-0.39, 0.29) is 11.9 Å². The van der Waals surface area contributed by atoms with Crippen LogP contribution in [0.1, 0.15) is 34.5 Å². The highest BCUT2D eigenvalue weighted by Gasteiger charge is 2.14. The molecule has 0 bridgehead atoms. The lowest BCUT2D eigenvalue weighted by molar-refractivity contribution is 0.0940. The maximum Gasteiger partial charge on any atom is 0.253 e. The summed E-state index contributed by atoms with van der Waals surface area (Å²) in [5.41, 5.74) is 9.10. The molecule has 3 N–H and O–H groups in total. The predicted octanol–water partition coefficient (Wildman–Crippen LogP) is 3.07. The minimum atomic E-state index is -0.145. The summed E-state index contributed by atoms with van der Waals surface area (Å²) in [6, 6.07) is 15.1. The molecule has 19 heavy (non-hydrogen) atoms. The van der Waals surface area contributed by atoms with E-state index < -0.39 is 0 Å². The number of carbonyl (C=O) groups is 1. The first-order valence-corrected chi connectivity index (χ1v) is 6.30. The molecule has 0 spiro atoms. The SMILES string of the molecule is Cc1ccccc1[C@H](C)NC(=O)c1ccccc1N. The van der Waals surface area contributed by atoms with Crippen LogP contribution in [0, 0.1) is 6.92 Å². The van der Waals surface area contributed by atoms with Gasteiger partial charge in [-0.05, 0) is 37.1 Å². The van der Waals surface area contributed by atoms with Gasteiger partial charge < -0.3 is 11.1 Å². The molecule has 2 aromatic carbocycles. The zero-order valence-electron chi connectivity index (χ0n) is 11.2. The van der Waals surface area contributed by atoms with Gasteiger partial charge in [-0.2, -0.15) is 0 Å². The minimum absolute atomic E-state index is 0.0479. The topological polar surface area (TPSA) is 55.1 Å². The summed E-state index contributed by atoms with van der Waals surface area (Å²) in [5, 5.41) is 2.98. The summed E-state index contributed by atoms with van der Waals surface area (Å²) in [7, 11) is 0. The summed E-state index contributed by atoms with van der Waals surface area (Å²) in [6.07, 6.45) is 0. The molecule has 0 aliphatic carbocycles. The molecule has 0 saturated heterocycles. The Hall–Kier alpha value is -2.29. The number of nitrogens with two attached hydrogens (primary N) is 1. The van der Waals surface area contributed by atoms with Crippen LogP contribution in [0.4, 0.5) is 5.69 Å². The summed E-state index contributed by atoms with van der Waals surface area (Å²) in [4.78, 5) is 12.2. The van der Waals surface area contributed by atoms with Gasteiger partial charge in [-0.15, -0.1) is 0 Å². The van der Waals surface area contributed by atoms with Gasteiger partial charge in [0.1, 0.15) is 0 Å². The highest BCUT2D eigenvalue weighted by molar-refractivity contribution is 5.99. The van der Waals surface area contributed by atoms with Crippen LogP contribution in [0.15, 0.2) is 48.5 Å². The van der Waals surface area contributed by atoms with Crippen LogP contribution < -0.4 is 11.1 Å². The van der Waals surface area contributed by atoms with Crippen LogP contribution in [-0.2, 0) is 0 Å². The Morgan fingerprint density at radius 2 is 1.74 bits per heavy atom. The first-order chi connectivity index (χ1) is 9.09. The molecule has 0 aliphatic heterocycles. The molecule has 0 fully saturated rings. The fraction of sp³-hybridized carbons (Fsp3) is 0.188. The third-order valence-corrected chi connectivity index (χ3v) is 3.21. The summed E-state index contributed by atoms with van der Waals surface area (Å²) < 4.78 is 0. The van der Waals surface area contributed by atoms with Gasteiger partial charge in [0.2, 0.25) is 0 Å². The summed E-state index contributed by atoms with van der Waals surface area (Å²) in [5.74, 6) is -0.145. The molecule has 98 valence electrons. The van der Waals surface area contributed by atoms with Crippen LogP contribution in [-0.4, -0.2) is 5.91 Å². The second kappa shape index (κ2) is 5.57. The lowest BCUT2D eigenvalue weighted by Gasteiger charge is -2.17. The Balaban J connectivity index is 2.16. The third kappa shape index (κ3) is 2.94. The second-order valence-electron chi connectivity index (χ2n) is 4.64. The van der Waals surface area contributed by atoms with Gasteiger partial charge in [-0.1, -0.05) is 36.4 Å². The van der Waals surface area contributed by atoms with Gasteiger partial charge in [-0.3, -0.25) is 4.79 Å². The summed E-state index contributed by atoms with van der Waals surface area (Å²) >= 11 is 0. The van der Waals surface area contributed by atoms with Gasteiger partial charge >= 0.3 is 0 Å². The van der Waals surface area contributed by atoms with Crippen molar-refractivity contribution in [2.24, 2.45) is 0 Å². The quantitative estimate of drug-likeness (QED) is 0.827. The predicted molar refractivity (Wildman–Crippen MR) is 77.9 cm³/mol. The standard InChI is InChI=1S/C16H18N2O/c1-11-7-3-4-8-13(11)12(2)18-16(19)14-9-5-6-10-15(14)17/h3-10,12H,17H2,1-2H3,(H,18,19)/t12-/m0/s1. The number of amides is 1. The number of benzene rings is 2. The molecule has 0 unspecified atom stereocenters. The first-order valence-electron chi connectivity index (χ1n) is 6.30. The van der Waals surface area contributed by atoms with Gasteiger partial charge in [-0.25, -0.2) is 0 Å².